The van der Waals surface area contributed by atoms with E-state index in [0.717, 1.165) is 43.6 Å². The van der Waals surface area contributed by atoms with Crippen LogP contribution in [-0.4, -0.2) is 65.4 Å². The van der Waals surface area contributed by atoms with E-state index in [4.69, 9.17) is 0 Å². The van der Waals surface area contributed by atoms with Crippen LogP contribution in [0.25, 0.3) is 5.69 Å². The molecular weight excluding hydrogens is 388 g/mol. The van der Waals surface area contributed by atoms with Gasteiger partial charge in [0.1, 0.15) is 0 Å². The topological polar surface area (TPSA) is 57.6 Å². The van der Waals surface area contributed by atoms with Crippen LogP contribution in [0.4, 0.5) is 0 Å². The fraction of sp³-hybridized carbons (Fsp3) is 0.520. The predicted molar refractivity (Wildman–Crippen MR) is 122 cm³/mol. The van der Waals surface area contributed by atoms with Crippen molar-refractivity contribution in [2.24, 2.45) is 5.92 Å². The number of benzene rings is 1. The number of likely N-dealkylation sites (tertiary alicyclic amines) is 2. The van der Waals surface area contributed by atoms with Crippen LogP contribution < -0.4 is 5.32 Å². The first kappa shape index (κ1) is 21.6. The third-order valence-corrected chi connectivity index (χ3v) is 6.56. The maximum Gasteiger partial charge on any atom is 0.226 e. The van der Waals surface area contributed by atoms with Crippen LogP contribution >= 0.6 is 0 Å². The number of amides is 2. The zero-order chi connectivity index (χ0) is 21.5. The van der Waals surface area contributed by atoms with Crippen molar-refractivity contribution in [3.8, 4) is 5.69 Å². The Morgan fingerprint density at radius 2 is 1.61 bits per heavy atom. The highest BCUT2D eigenvalue weighted by Crippen LogP contribution is 2.19. The first-order chi connectivity index (χ1) is 15.2. The van der Waals surface area contributed by atoms with Gasteiger partial charge in [0.2, 0.25) is 11.8 Å². The second-order valence-corrected chi connectivity index (χ2v) is 8.78. The van der Waals surface area contributed by atoms with Crippen LogP contribution in [-0.2, 0) is 16.0 Å². The molecule has 0 aliphatic carbocycles. The molecule has 2 aliphatic rings. The van der Waals surface area contributed by atoms with Crippen LogP contribution in [0.3, 0.4) is 0 Å². The molecule has 2 amide bonds. The normalized spacial score (nSPS) is 17.7. The van der Waals surface area contributed by atoms with E-state index in [9.17, 15) is 9.59 Å². The summed E-state index contributed by atoms with van der Waals surface area (Å²) in [5.74, 6) is 0.351. The maximum atomic E-state index is 12.7. The number of piperidine rings is 1. The summed E-state index contributed by atoms with van der Waals surface area (Å²) >= 11 is 0. The summed E-state index contributed by atoms with van der Waals surface area (Å²) in [4.78, 5) is 29.6. The van der Waals surface area contributed by atoms with Crippen molar-refractivity contribution in [2.75, 3.05) is 39.3 Å². The van der Waals surface area contributed by atoms with Gasteiger partial charge in [-0.05, 0) is 81.6 Å². The van der Waals surface area contributed by atoms with E-state index < -0.39 is 0 Å². The van der Waals surface area contributed by atoms with E-state index in [1.165, 1.54) is 25.9 Å². The molecule has 2 aromatic rings. The van der Waals surface area contributed by atoms with Crippen LogP contribution in [0.5, 0.6) is 0 Å². The quantitative estimate of drug-likeness (QED) is 0.666. The highest BCUT2D eigenvalue weighted by atomic mass is 16.2. The monoisotopic (exact) mass is 422 g/mol. The average molecular weight is 423 g/mol. The van der Waals surface area contributed by atoms with Gasteiger partial charge in [0, 0.05) is 43.6 Å². The third kappa shape index (κ3) is 5.97. The summed E-state index contributed by atoms with van der Waals surface area (Å²) in [5.41, 5.74) is 2.12. The van der Waals surface area contributed by atoms with Gasteiger partial charge in [-0.25, -0.2) is 0 Å². The minimum absolute atomic E-state index is 0.0386. The lowest BCUT2D eigenvalue weighted by molar-refractivity contribution is -0.135. The molecule has 0 saturated carbocycles. The second kappa shape index (κ2) is 10.6. The minimum Gasteiger partial charge on any atom is -0.356 e. The van der Waals surface area contributed by atoms with Gasteiger partial charge in [-0.2, -0.15) is 0 Å². The molecule has 4 rings (SSSR count). The summed E-state index contributed by atoms with van der Waals surface area (Å²) in [5, 5.41) is 3.11. The molecule has 1 aromatic carbocycles. The van der Waals surface area contributed by atoms with Crippen LogP contribution in [0.15, 0.2) is 48.8 Å². The predicted octanol–water partition coefficient (Wildman–Crippen LogP) is 2.86. The Kier molecular flexibility index (Phi) is 7.41. The van der Waals surface area contributed by atoms with E-state index in [2.05, 4.69) is 10.2 Å². The van der Waals surface area contributed by atoms with Crippen molar-refractivity contribution in [3.63, 3.8) is 0 Å². The Hall–Kier alpha value is -2.60. The molecule has 2 fully saturated rings. The molecule has 0 radical (unpaired) electrons. The number of hydrogen-bond donors (Lipinski definition) is 1. The molecule has 0 bridgehead atoms. The zero-order valence-corrected chi connectivity index (χ0v) is 18.3. The number of nitrogens with one attached hydrogen (secondary N) is 1. The van der Waals surface area contributed by atoms with Crippen molar-refractivity contribution in [1.29, 1.82) is 0 Å². The van der Waals surface area contributed by atoms with Gasteiger partial charge in [-0.15, -0.1) is 0 Å². The van der Waals surface area contributed by atoms with E-state index in [-0.39, 0.29) is 17.7 Å². The molecule has 2 saturated heterocycles. The number of nitrogens with zero attached hydrogens (tertiary/aromatic N) is 3. The zero-order valence-electron chi connectivity index (χ0n) is 18.3. The summed E-state index contributed by atoms with van der Waals surface area (Å²) in [7, 11) is 0. The van der Waals surface area contributed by atoms with E-state index in [0.29, 0.717) is 19.5 Å². The Morgan fingerprint density at radius 3 is 2.29 bits per heavy atom. The Morgan fingerprint density at radius 1 is 0.935 bits per heavy atom. The molecular formula is C25H34N4O2. The molecule has 0 spiro atoms. The van der Waals surface area contributed by atoms with Gasteiger partial charge >= 0.3 is 0 Å². The molecule has 0 atom stereocenters. The lowest BCUT2D eigenvalue weighted by atomic mass is 9.95. The summed E-state index contributed by atoms with van der Waals surface area (Å²) < 4.78 is 2.05. The van der Waals surface area contributed by atoms with Crippen LogP contribution in [0, 0.1) is 5.92 Å². The largest absolute Gasteiger partial charge is 0.356 e. The molecule has 0 unspecified atom stereocenters. The smallest absolute Gasteiger partial charge is 0.226 e. The maximum absolute atomic E-state index is 12.7. The Bertz CT molecular complexity index is 833. The third-order valence-electron chi connectivity index (χ3n) is 6.56. The molecule has 2 aliphatic heterocycles. The average Bonchev–Trinajstić information content (AvgIpc) is 3.52. The van der Waals surface area contributed by atoms with Crippen molar-refractivity contribution >= 4 is 11.8 Å². The van der Waals surface area contributed by atoms with Crippen LogP contribution in [0.1, 0.15) is 37.7 Å². The fourth-order valence-corrected chi connectivity index (χ4v) is 4.63. The Balaban J connectivity index is 1.16. The van der Waals surface area contributed by atoms with Crippen LogP contribution in [0.2, 0.25) is 0 Å². The molecule has 6 nitrogen and oxygen atoms in total. The van der Waals surface area contributed by atoms with Gasteiger partial charge in [0.05, 0.1) is 6.42 Å². The van der Waals surface area contributed by atoms with E-state index in [1.54, 1.807) is 0 Å². The molecule has 1 N–H and O–H groups in total. The number of rotatable bonds is 8. The first-order valence-corrected chi connectivity index (χ1v) is 11.7. The number of hydrogen-bond acceptors (Lipinski definition) is 3. The molecule has 1 aromatic heterocycles. The first-order valence-electron chi connectivity index (χ1n) is 11.7. The molecule has 31 heavy (non-hydrogen) atoms. The molecule has 166 valence electrons. The van der Waals surface area contributed by atoms with E-state index in [1.807, 2.05) is 58.3 Å². The summed E-state index contributed by atoms with van der Waals surface area (Å²) in [6.45, 7) is 5.60. The van der Waals surface area contributed by atoms with Crippen molar-refractivity contribution in [3.05, 3.63) is 54.4 Å². The summed E-state index contributed by atoms with van der Waals surface area (Å²) in [6.07, 6.45) is 9.59. The van der Waals surface area contributed by atoms with Crippen molar-refractivity contribution in [2.45, 2.75) is 38.5 Å². The lowest BCUT2D eigenvalue weighted by Crippen LogP contribution is -2.43. The number of carbonyl (C=O) groups is 2. The molecule has 6 heteroatoms. The summed E-state index contributed by atoms with van der Waals surface area (Å²) in [6, 6.07) is 12.1. The van der Waals surface area contributed by atoms with Gasteiger partial charge < -0.3 is 19.7 Å². The van der Waals surface area contributed by atoms with Gasteiger partial charge in [0.15, 0.2) is 0 Å². The van der Waals surface area contributed by atoms with Crippen molar-refractivity contribution in [1.82, 2.24) is 19.7 Å². The highest BCUT2D eigenvalue weighted by molar-refractivity contribution is 5.81. The highest BCUT2D eigenvalue weighted by Gasteiger charge is 2.27. The van der Waals surface area contributed by atoms with Gasteiger partial charge in [-0.3, -0.25) is 9.59 Å². The number of aromatic nitrogens is 1. The second-order valence-electron chi connectivity index (χ2n) is 8.78. The lowest BCUT2D eigenvalue weighted by Gasteiger charge is -2.31. The fourth-order valence-electron chi connectivity index (χ4n) is 4.63. The van der Waals surface area contributed by atoms with Gasteiger partial charge in [0.25, 0.3) is 0 Å². The number of carbonyl (C=O) groups excluding carboxylic acids is 2. The SMILES string of the molecule is O=C(NCCCN1CCCC1)C1CCN(C(=O)Cc2ccc(-n3cccc3)cc2)CC1. The standard InChI is InChI=1S/C25H34N4O2/c30-24(20-21-6-8-23(9-7-21)28-16-3-4-17-28)29-18-10-22(11-19-29)25(31)26-12-5-15-27-13-1-2-14-27/h3-4,6-9,16-17,22H,1-2,5,10-15,18-20H2,(H,26,31). The van der Waals surface area contributed by atoms with Crippen molar-refractivity contribution < 1.29 is 9.59 Å². The minimum atomic E-state index is 0.0386. The molecule has 3 heterocycles. The Labute approximate surface area is 185 Å². The van der Waals surface area contributed by atoms with Gasteiger partial charge in [-0.1, -0.05) is 12.1 Å². The van der Waals surface area contributed by atoms with E-state index >= 15 is 0 Å².